The van der Waals surface area contributed by atoms with Crippen molar-refractivity contribution in [3.63, 3.8) is 0 Å². The second kappa shape index (κ2) is 8.72. The third-order valence-corrected chi connectivity index (χ3v) is 3.47. The first kappa shape index (κ1) is 17.5. The topological polar surface area (TPSA) is 64.6 Å². The van der Waals surface area contributed by atoms with Crippen molar-refractivity contribution in [3.05, 3.63) is 59.7 Å². The molecule has 2 aromatic rings. The summed E-state index contributed by atoms with van der Waals surface area (Å²) < 4.78 is 9.78. The number of para-hydroxylation sites is 1. The summed E-state index contributed by atoms with van der Waals surface area (Å²) in [6.07, 6.45) is 1.79. The first-order valence-corrected chi connectivity index (χ1v) is 7.78. The van der Waals surface area contributed by atoms with E-state index in [1.807, 2.05) is 30.3 Å². The Morgan fingerprint density at radius 3 is 2.42 bits per heavy atom. The van der Waals surface area contributed by atoms with Gasteiger partial charge in [0.25, 0.3) is 0 Å². The van der Waals surface area contributed by atoms with Crippen LogP contribution in [-0.4, -0.2) is 25.6 Å². The van der Waals surface area contributed by atoms with Gasteiger partial charge in [-0.05, 0) is 42.7 Å². The number of esters is 2. The Bertz CT molecular complexity index is 695. The maximum absolute atomic E-state index is 11.7. The molecule has 1 N–H and O–H groups in total. The molecule has 0 saturated carbocycles. The van der Waals surface area contributed by atoms with Gasteiger partial charge in [0.1, 0.15) is 5.75 Å². The van der Waals surface area contributed by atoms with Crippen molar-refractivity contribution in [2.24, 2.45) is 0 Å². The lowest BCUT2D eigenvalue weighted by Crippen LogP contribution is -2.09. The number of ether oxygens (including phenoxy) is 2. The molecule has 0 aliphatic carbocycles. The molecule has 0 unspecified atom stereocenters. The van der Waals surface area contributed by atoms with Crippen molar-refractivity contribution in [1.29, 1.82) is 0 Å². The Morgan fingerprint density at radius 1 is 1.04 bits per heavy atom. The van der Waals surface area contributed by atoms with Gasteiger partial charge >= 0.3 is 11.9 Å². The highest BCUT2D eigenvalue weighted by molar-refractivity contribution is 5.95. The zero-order chi connectivity index (χ0) is 17.4. The van der Waals surface area contributed by atoms with Gasteiger partial charge in [0, 0.05) is 19.2 Å². The molecule has 5 heteroatoms. The highest BCUT2D eigenvalue weighted by Gasteiger charge is 2.10. The number of anilines is 1. The average Bonchev–Trinajstić information content (AvgIpc) is 2.59. The third-order valence-electron chi connectivity index (χ3n) is 3.47. The molecule has 0 aliphatic heterocycles. The summed E-state index contributed by atoms with van der Waals surface area (Å²) >= 11 is 0. The van der Waals surface area contributed by atoms with E-state index in [9.17, 15) is 9.59 Å². The number of hydrogen-bond acceptors (Lipinski definition) is 5. The van der Waals surface area contributed by atoms with E-state index < -0.39 is 0 Å². The molecule has 0 atom stereocenters. The van der Waals surface area contributed by atoms with Gasteiger partial charge in [0.05, 0.1) is 12.7 Å². The Kier molecular flexibility index (Phi) is 6.37. The van der Waals surface area contributed by atoms with Gasteiger partial charge in [-0.25, -0.2) is 4.79 Å². The second-order valence-electron chi connectivity index (χ2n) is 5.31. The van der Waals surface area contributed by atoms with Crippen LogP contribution in [0.5, 0.6) is 5.75 Å². The third kappa shape index (κ3) is 5.12. The Labute approximate surface area is 141 Å². The minimum Gasteiger partial charge on any atom is -0.465 e. The van der Waals surface area contributed by atoms with Gasteiger partial charge in [-0.3, -0.25) is 4.79 Å². The number of nitrogens with one attached hydrogen (secondary N) is 1. The van der Waals surface area contributed by atoms with Gasteiger partial charge < -0.3 is 14.8 Å². The molecule has 2 rings (SSSR count). The van der Waals surface area contributed by atoms with E-state index in [-0.39, 0.29) is 11.9 Å². The maximum Gasteiger partial charge on any atom is 0.339 e. The van der Waals surface area contributed by atoms with Gasteiger partial charge in [-0.1, -0.05) is 24.3 Å². The Balaban J connectivity index is 1.83. The molecule has 24 heavy (non-hydrogen) atoms. The number of methoxy groups -OCH3 is 1. The lowest BCUT2D eigenvalue weighted by Gasteiger charge is -2.10. The normalized spacial score (nSPS) is 10.1. The summed E-state index contributed by atoms with van der Waals surface area (Å²) in [4.78, 5) is 22.6. The van der Waals surface area contributed by atoms with Crippen LogP contribution in [0.2, 0.25) is 0 Å². The summed E-state index contributed by atoms with van der Waals surface area (Å²) in [7, 11) is 1.37. The standard InChI is InChI=1S/C19H21NO4/c1-14(21)24-16-11-9-15(10-12-16)6-5-13-20-18-8-4-3-7-17(18)19(22)23-2/h3-4,7-12,20H,5-6,13H2,1-2H3. The lowest BCUT2D eigenvalue weighted by molar-refractivity contribution is -0.131. The van der Waals surface area contributed by atoms with Gasteiger partial charge in [-0.2, -0.15) is 0 Å². The summed E-state index contributed by atoms with van der Waals surface area (Å²) in [5.74, 6) is -0.119. The summed E-state index contributed by atoms with van der Waals surface area (Å²) in [6.45, 7) is 2.12. The Morgan fingerprint density at radius 2 is 1.75 bits per heavy atom. The predicted octanol–water partition coefficient (Wildman–Crippen LogP) is 3.44. The first-order chi connectivity index (χ1) is 11.6. The molecule has 0 spiro atoms. The zero-order valence-corrected chi connectivity index (χ0v) is 13.9. The molecule has 0 amide bonds. The monoisotopic (exact) mass is 327 g/mol. The van der Waals surface area contributed by atoms with Crippen LogP contribution in [0.25, 0.3) is 0 Å². The van der Waals surface area contributed by atoms with Gasteiger partial charge in [0.2, 0.25) is 0 Å². The van der Waals surface area contributed by atoms with Crippen LogP contribution in [0.4, 0.5) is 5.69 Å². The van der Waals surface area contributed by atoms with Crippen molar-refractivity contribution in [2.75, 3.05) is 19.0 Å². The number of benzene rings is 2. The summed E-state index contributed by atoms with van der Waals surface area (Å²) in [5, 5.41) is 3.27. The maximum atomic E-state index is 11.7. The van der Waals surface area contributed by atoms with Crippen LogP contribution in [-0.2, 0) is 16.0 Å². The van der Waals surface area contributed by atoms with Gasteiger partial charge in [0.15, 0.2) is 0 Å². The Hall–Kier alpha value is -2.82. The fourth-order valence-corrected chi connectivity index (χ4v) is 2.33. The summed E-state index contributed by atoms with van der Waals surface area (Å²) in [5.41, 5.74) is 2.47. The minimum absolute atomic E-state index is 0.323. The van der Waals surface area contributed by atoms with Crippen molar-refractivity contribution in [3.8, 4) is 5.75 Å². The molecule has 0 aliphatic rings. The van der Waals surface area contributed by atoms with Crippen LogP contribution in [0, 0.1) is 0 Å². The molecular formula is C19H21NO4. The molecule has 2 aromatic carbocycles. The van der Waals surface area contributed by atoms with E-state index in [1.165, 1.54) is 14.0 Å². The number of hydrogen-bond donors (Lipinski definition) is 1. The number of carbonyl (C=O) groups is 2. The minimum atomic E-state index is -0.348. The van der Waals surface area contributed by atoms with Crippen LogP contribution >= 0.6 is 0 Å². The van der Waals surface area contributed by atoms with Crippen LogP contribution in [0.1, 0.15) is 29.3 Å². The smallest absolute Gasteiger partial charge is 0.339 e. The van der Waals surface area contributed by atoms with E-state index in [0.717, 1.165) is 30.6 Å². The number of rotatable bonds is 7. The average molecular weight is 327 g/mol. The van der Waals surface area contributed by atoms with E-state index >= 15 is 0 Å². The van der Waals surface area contributed by atoms with Crippen LogP contribution < -0.4 is 10.1 Å². The molecule has 5 nitrogen and oxygen atoms in total. The molecule has 0 aromatic heterocycles. The summed E-state index contributed by atoms with van der Waals surface area (Å²) in [6, 6.07) is 14.8. The number of aryl methyl sites for hydroxylation is 1. The van der Waals surface area contributed by atoms with Crippen molar-refractivity contribution >= 4 is 17.6 Å². The van der Waals surface area contributed by atoms with Crippen molar-refractivity contribution < 1.29 is 19.1 Å². The van der Waals surface area contributed by atoms with Crippen LogP contribution in [0.15, 0.2) is 48.5 Å². The zero-order valence-electron chi connectivity index (χ0n) is 13.9. The number of carbonyl (C=O) groups excluding carboxylic acids is 2. The predicted molar refractivity (Wildman–Crippen MR) is 92.3 cm³/mol. The van der Waals surface area contributed by atoms with Crippen molar-refractivity contribution in [2.45, 2.75) is 19.8 Å². The highest BCUT2D eigenvalue weighted by atomic mass is 16.5. The molecule has 0 heterocycles. The highest BCUT2D eigenvalue weighted by Crippen LogP contribution is 2.17. The quantitative estimate of drug-likeness (QED) is 0.479. The van der Waals surface area contributed by atoms with Gasteiger partial charge in [-0.15, -0.1) is 0 Å². The largest absolute Gasteiger partial charge is 0.465 e. The fraction of sp³-hybridized carbons (Fsp3) is 0.263. The van der Waals surface area contributed by atoms with Crippen molar-refractivity contribution in [1.82, 2.24) is 0 Å². The van der Waals surface area contributed by atoms with Crippen LogP contribution in [0.3, 0.4) is 0 Å². The lowest BCUT2D eigenvalue weighted by atomic mass is 10.1. The molecule has 0 radical (unpaired) electrons. The molecular weight excluding hydrogens is 306 g/mol. The molecule has 0 fully saturated rings. The van der Waals surface area contributed by atoms with E-state index in [2.05, 4.69) is 5.32 Å². The second-order valence-corrected chi connectivity index (χ2v) is 5.31. The molecule has 0 bridgehead atoms. The SMILES string of the molecule is COC(=O)c1ccccc1NCCCc1ccc(OC(C)=O)cc1. The first-order valence-electron chi connectivity index (χ1n) is 7.78. The van der Waals surface area contributed by atoms with E-state index in [0.29, 0.717) is 11.3 Å². The molecule has 126 valence electrons. The fourth-order valence-electron chi connectivity index (χ4n) is 2.33. The van der Waals surface area contributed by atoms with E-state index in [1.54, 1.807) is 18.2 Å². The molecule has 0 saturated heterocycles. The van der Waals surface area contributed by atoms with E-state index in [4.69, 9.17) is 9.47 Å².